The Morgan fingerprint density at radius 2 is 1.64 bits per heavy atom. The first kappa shape index (κ1) is 14.4. The van der Waals surface area contributed by atoms with E-state index >= 15 is 0 Å². The van der Waals surface area contributed by atoms with Crippen molar-refractivity contribution in [1.29, 1.82) is 0 Å². The molecule has 0 radical (unpaired) electrons. The second-order valence-corrected chi connectivity index (χ2v) is 9.49. The lowest BCUT2D eigenvalue weighted by Crippen LogP contribution is -2.48. The van der Waals surface area contributed by atoms with E-state index in [0.29, 0.717) is 0 Å². The van der Waals surface area contributed by atoms with E-state index in [1.54, 1.807) is 6.92 Å². The minimum atomic E-state index is -3.31. The number of aliphatic hydroxyl groups excluding tert-OH is 1. The van der Waals surface area contributed by atoms with Crippen LogP contribution in [0.5, 0.6) is 0 Å². The van der Waals surface area contributed by atoms with Crippen LogP contribution in [0.3, 0.4) is 0 Å². The Bertz CT molecular complexity index is 288. The van der Waals surface area contributed by atoms with Gasteiger partial charge in [-0.15, -0.1) is 0 Å². The monoisotopic (exact) mass is 286 g/mol. The summed E-state index contributed by atoms with van der Waals surface area (Å²) in [7, 11) is -3.31. The Morgan fingerprint density at radius 1 is 1.29 bits per heavy atom. The molecule has 3 nitrogen and oxygen atoms in total. The van der Waals surface area contributed by atoms with Crippen molar-refractivity contribution in [2.75, 3.05) is 5.75 Å². The van der Waals surface area contributed by atoms with Crippen molar-refractivity contribution in [2.45, 2.75) is 44.4 Å². The summed E-state index contributed by atoms with van der Waals surface area (Å²) in [5.74, 6) is 0.0158. The second kappa shape index (κ2) is 4.10. The molecule has 0 aromatic carbocycles. The van der Waals surface area contributed by atoms with Crippen molar-refractivity contribution in [1.82, 2.24) is 0 Å². The van der Waals surface area contributed by atoms with Crippen molar-refractivity contribution >= 4 is 25.8 Å². The number of hydrogen-bond donors (Lipinski definition) is 1. The highest BCUT2D eigenvalue weighted by Gasteiger charge is 2.47. The summed E-state index contributed by atoms with van der Waals surface area (Å²) in [6, 6.07) is 0. The zero-order valence-corrected chi connectivity index (χ0v) is 11.7. The molecular formula is C9H19BrO3S. The molecule has 0 saturated carbocycles. The van der Waals surface area contributed by atoms with E-state index in [-0.39, 0.29) is 5.75 Å². The number of hydrogen-bond acceptors (Lipinski definition) is 3. The fourth-order valence-corrected chi connectivity index (χ4v) is 3.86. The van der Waals surface area contributed by atoms with Gasteiger partial charge in [-0.25, -0.2) is 8.42 Å². The molecule has 0 aliphatic carbocycles. The van der Waals surface area contributed by atoms with Gasteiger partial charge in [-0.05, 0) is 12.3 Å². The summed E-state index contributed by atoms with van der Waals surface area (Å²) in [4.78, 5) is 0. The van der Waals surface area contributed by atoms with Crippen molar-refractivity contribution in [3.63, 3.8) is 0 Å². The molecule has 0 aliphatic rings. The Labute approximate surface area is 94.9 Å². The Hall–Kier alpha value is 0.390. The smallest absolute Gasteiger partial charge is 0.167 e. The lowest BCUT2D eigenvalue weighted by molar-refractivity contribution is 0.0560. The molecule has 5 heteroatoms. The number of aliphatic hydroxyl groups is 1. The average molecular weight is 287 g/mol. The van der Waals surface area contributed by atoms with Crippen molar-refractivity contribution in [2.24, 2.45) is 5.41 Å². The number of sulfone groups is 1. The zero-order valence-electron chi connectivity index (χ0n) is 9.33. The largest absolute Gasteiger partial charge is 0.390 e. The van der Waals surface area contributed by atoms with Gasteiger partial charge in [-0.3, -0.25) is 0 Å². The van der Waals surface area contributed by atoms with Gasteiger partial charge in [0.1, 0.15) is 0 Å². The summed E-state index contributed by atoms with van der Waals surface area (Å²) in [5, 5.41) is 9.95. The van der Waals surface area contributed by atoms with Gasteiger partial charge in [-0.2, -0.15) is 0 Å². The first-order chi connectivity index (χ1) is 5.97. The summed E-state index contributed by atoms with van der Waals surface area (Å²) >= 11 is 3.13. The molecule has 2 atom stereocenters. The molecule has 0 rings (SSSR count). The lowest BCUT2D eigenvalue weighted by Gasteiger charge is -2.36. The minimum absolute atomic E-state index is 0.0158. The van der Waals surface area contributed by atoms with Crippen molar-refractivity contribution < 1.29 is 13.5 Å². The van der Waals surface area contributed by atoms with Gasteiger partial charge in [0.25, 0.3) is 0 Å². The Balaban J connectivity index is 5.18. The Kier molecular flexibility index (Phi) is 4.21. The SMILES string of the molecule is CCS(=O)(=O)[C@](C)(Br)[C@H](O)C(C)(C)C. The first-order valence-corrected chi connectivity index (χ1v) is 7.00. The summed E-state index contributed by atoms with van der Waals surface area (Å²) in [6.45, 7) is 8.50. The van der Waals surface area contributed by atoms with Gasteiger partial charge >= 0.3 is 0 Å². The topological polar surface area (TPSA) is 54.4 Å². The van der Waals surface area contributed by atoms with Crippen molar-refractivity contribution in [3.8, 4) is 0 Å². The second-order valence-electron chi connectivity index (χ2n) is 4.66. The number of halogens is 1. The molecule has 0 saturated heterocycles. The molecule has 14 heavy (non-hydrogen) atoms. The van der Waals surface area contributed by atoms with Gasteiger partial charge < -0.3 is 5.11 Å². The number of rotatable bonds is 3. The first-order valence-electron chi connectivity index (χ1n) is 4.56. The third-order valence-corrected chi connectivity index (χ3v) is 6.41. The highest BCUT2D eigenvalue weighted by atomic mass is 79.9. The minimum Gasteiger partial charge on any atom is -0.390 e. The van der Waals surface area contributed by atoms with Crippen LogP contribution in [0.1, 0.15) is 34.6 Å². The van der Waals surface area contributed by atoms with Crippen LogP contribution in [0.25, 0.3) is 0 Å². The van der Waals surface area contributed by atoms with E-state index < -0.39 is 25.0 Å². The fraction of sp³-hybridized carbons (Fsp3) is 1.00. The van der Waals surface area contributed by atoms with Gasteiger partial charge in [0.05, 0.1) is 6.10 Å². The van der Waals surface area contributed by atoms with Crippen molar-refractivity contribution in [3.05, 3.63) is 0 Å². The van der Waals surface area contributed by atoms with Crippen LogP contribution in [0.2, 0.25) is 0 Å². The van der Waals surface area contributed by atoms with E-state index in [0.717, 1.165) is 0 Å². The van der Waals surface area contributed by atoms with E-state index in [4.69, 9.17) is 0 Å². The molecule has 0 aliphatic heterocycles. The average Bonchev–Trinajstić information content (AvgIpc) is 2.01. The normalized spacial score (nSPS) is 20.2. The highest BCUT2D eigenvalue weighted by molar-refractivity contribution is 9.11. The molecule has 1 N–H and O–H groups in total. The summed E-state index contributed by atoms with van der Waals surface area (Å²) in [6.07, 6.45) is -0.944. The van der Waals surface area contributed by atoms with E-state index in [9.17, 15) is 13.5 Å². The van der Waals surface area contributed by atoms with Gasteiger partial charge in [0, 0.05) is 5.75 Å². The maximum atomic E-state index is 11.7. The number of alkyl halides is 1. The maximum Gasteiger partial charge on any atom is 0.167 e. The predicted molar refractivity (Wildman–Crippen MR) is 62.3 cm³/mol. The molecular weight excluding hydrogens is 268 g/mol. The van der Waals surface area contributed by atoms with Gasteiger partial charge in [0.2, 0.25) is 0 Å². The van der Waals surface area contributed by atoms with E-state index in [1.807, 2.05) is 20.8 Å². The molecule has 0 bridgehead atoms. The molecule has 0 amide bonds. The highest BCUT2D eigenvalue weighted by Crippen LogP contribution is 2.38. The molecule has 0 fully saturated rings. The molecule has 0 aromatic rings. The van der Waals surface area contributed by atoms with Crippen LogP contribution in [0, 0.1) is 5.41 Å². The van der Waals surface area contributed by atoms with Crippen LogP contribution < -0.4 is 0 Å². The van der Waals surface area contributed by atoms with Crippen LogP contribution in [-0.4, -0.2) is 29.0 Å². The van der Waals surface area contributed by atoms with E-state index in [1.165, 1.54) is 6.92 Å². The molecule has 0 heterocycles. The lowest BCUT2D eigenvalue weighted by atomic mass is 9.87. The van der Waals surface area contributed by atoms with Gasteiger partial charge in [0.15, 0.2) is 13.5 Å². The van der Waals surface area contributed by atoms with Crippen LogP contribution >= 0.6 is 15.9 Å². The third kappa shape index (κ3) is 2.70. The third-order valence-electron chi connectivity index (χ3n) is 2.30. The molecule has 0 spiro atoms. The fourth-order valence-electron chi connectivity index (χ4n) is 1.23. The van der Waals surface area contributed by atoms with Gasteiger partial charge in [-0.1, -0.05) is 43.6 Å². The van der Waals surface area contributed by atoms with Crippen LogP contribution in [0.4, 0.5) is 0 Å². The Morgan fingerprint density at radius 3 is 1.86 bits per heavy atom. The molecule has 0 aromatic heterocycles. The van der Waals surface area contributed by atoms with Crippen LogP contribution in [0.15, 0.2) is 0 Å². The molecule has 0 unspecified atom stereocenters. The zero-order chi connectivity index (χ0) is 11.8. The standard InChI is InChI=1S/C9H19BrO3S/c1-6-14(12,13)9(5,10)7(11)8(2,3)4/h7,11H,6H2,1-5H3/t7-,9+/m1/s1. The summed E-state index contributed by atoms with van der Waals surface area (Å²) in [5.41, 5.74) is -0.472. The molecule has 86 valence electrons. The quantitative estimate of drug-likeness (QED) is 0.807. The summed E-state index contributed by atoms with van der Waals surface area (Å²) < 4.78 is 22.1. The predicted octanol–water partition coefficient (Wildman–Crippen LogP) is 1.94. The van der Waals surface area contributed by atoms with E-state index in [2.05, 4.69) is 15.9 Å². The van der Waals surface area contributed by atoms with Crippen LogP contribution in [-0.2, 0) is 9.84 Å². The maximum absolute atomic E-state index is 11.7.